The molecular weight excluding hydrogens is 394 g/mol. The van der Waals surface area contributed by atoms with Gasteiger partial charge in [0.2, 0.25) is 5.91 Å². The van der Waals surface area contributed by atoms with Gasteiger partial charge in [-0.3, -0.25) is 14.5 Å². The van der Waals surface area contributed by atoms with Crippen molar-refractivity contribution in [1.29, 1.82) is 0 Å². The summed E-state index contributed by atoms with van der Waals surface area (Å²) < 4.78 is 10.7. The van der Waals surface area contributed by atoms with E-state index >= 15 is 0 Å². The van der Waals surface area contributed by atoms with Crippen molar-refractivity contribution in [3.63, 3.8) is 0 Å². The Kier molecular flexibility index (Phi) is 7.89. The minimum absolute atomic E-state index is 0.0511. The van der Waals surface area contributed by atoms with E-state index in [0.29, 0.717) is 62.9 Å². The van der Waals surface area contributed by atoms with Crippen molar-refractivity contribution in [3.8, 4) is 11.5 Å². The Hall–Kier alpha value is -3.06. The molecule has 7 nitrogen and oxygen atoms in total. The van der Waals surface area contributed by atoms with E-state index in [-0.39, 0.29) is 11.8 Å². The molecule has 7 heteroatoms. The fourth-order valence-corrected chi connectivity index (χ4v) is 3.74. The first-order chi connectivity index (χ1) is 15.0. The summed E-state index contributed by atoms with van der Waals surface area (Å²) in [5.74, 6) is 1.46. The van der Waals surface area contributed by atoms with Crippen molar-refractivity contribution >= 4 is 11.8 Å². The number of nitrogens with zero attached hydrogens (tertiary/aromatic N) is 3. The molecule has 1 heterocycles. The third-order valence-electron chi connectivity index (χ3n) is 5.59. The molecule has 2 amide bonds. The first-order valence-electron chi connectivity index (χ1n) is 10.6. The van der Waals surface area contributed by atoms with Gasteiger partial charge in [-0.2, -0.15) is 0 Å². The first kappa shape index (κ1) is 22.6. The molecule has 1 aliphatic rings. The van der Waals surface area contributed by atoms with E-state index in [1.54, 1.807) is 14.2 Å². The average molecular weight is 426 g/mol. The highest BCUT2D eigenvalue weighted by Crippen LogP contribution is 2.28. The predicted octanol–water partition coefficient (Wildman–Crippen LogP) is 2.51. The number of carbonyl (C=O) groups excluding carboxylic acids is 2. The average Bonchev–Trinajstić information content (AvgIpc) is 2.82. The van der Waals surface area contributed by atoms with Crippen molar-refractivity contribution in [2.24, 2.45) is 0 Å². The predicted molar refractivity (Wildman–Crippen MR) is 119 cm³/mol. The smallest absolute Gasteiger partial charge is 0.253 e. The maximum Gasteiger partial charge on any atom is 0.253 e. The van der Waals surface area contributed by atoms with Crippen molar-refractivity contribution in [2.75, 3.05) is 53.5 Å². The van der Waals surface area contributed by atoms with Crippen LogP contribution in [0.4, 0.5) is 0 Å². The van der Waals surface area contributed by atoms with Gasteiger partial charge in [-0.05, 0) is 36.8 Å². The maximum absolute atomic E-state index is 12.9. The summed E-state index contributed by atoms with van der Waals surface area (Å²) in [7, 11) is 3.21. The Labute approximate surface area is 184 Å². The number of ether oxygens (including phenoxy) is 2. The van der Waals surface area contributed by atoms with Crippen LogP contribution in [-0.2, 0) is 11.3 Å². The second-order valence-electron chi connectivity index (χ2n) is 7.53. The Morgan fingerprint density at radius 3 is 2.23 bits per heavy atom. The molecule has 0 saturated carbocycles. The van der Waals surface area contributed by atoms with E-state index in [9.17, 15) is 9.59 Å². The van der Waals surface area contributed by atoms with Crippen LogP contribution in [0.25, 0.3) is 0 Å². The molecule has 31 heavy (non-hydrogen) atoms. The molecule has 166 valence electrons. The topological polar surface area (TPSA) is 62.3 Å². The summed E-state index contributed by atoms with van der Waals surface area (Å²) in [5.41, 5.74) is 1.70. The lowest BCUT2D eigenvalue weighted by molar-refractivity contribution is -0.133. The van der Waals surface area contributed by atoms with Crippen LogP contribution >= 0.6 is 0 Å². The summed E-state index contributed by atoms with van der Waals surface area (Å²) in [6, 6.07) is 15.0. The molecule has 0 spiro atoms. The molecule has 0 radical (unpaired) electrons. The fraction of sp³-hybridized carbons (Fsp3) is 0.417. The Morgan fingerprint density at radius 2 is 1.61 bits per heavy atom. The Bertz CT molecular complexity index is 880. The summed E-state index contributed by atoms with van der Waals surface area (Å²) in [6.07, 6.45) is 0. The second-order valence-corrected chi connectivity index (χ2v) is 7.53. The van der Waals surface area contributed by atoms with Crippen LogP contribution in [0.1, 0.15) is 22.8 Å². The van der Waals surface area contributed by atoms with Crippen LogP contribution in [0.5, 0.6) is 11.5 Å². The summed E-state index contributed by atoms with van der Waals surface area (Å²) >= 11 is 0. The lowest BCUT2D eigenvalue weighted by Gasteiger charge is -2.35. The highest BCUT2D eigenvalue weighted by Gasteiger charge is 2.24. The third-order valence-corrected chi connectivity index (χ3v) is 5.59. The Balaban J connectivity index is 1.53. The molecule has 1 fully saturated rings. The van der Waals surface area contributed by atoms with Gasteiger partial charge in [0.1, 0.15) is 0 Å². The molecule has 1 aliphatic heterocycles. The van der Waals surface area contributed by atoms with Gasteiger partial charge in [-0.15, -0.1) is 0 Å². The number of hydrogen-bond acceptors (Lipinski definition) is 5. The number of benzene rings is 2. The largest absolute Gasteiger partial charge is 0.493 e. The fourth-order valence-electron chi connectivity index (χ4n) is 3.74. The zero-order valence-corrected chi connectivity index (χ0v) is 18.5. The van der Waals surface area contributed by atoms with Gasteiger partial charge in [0, 0.05) is 44.8 Å². The van der Waals surface area contributed by atoms with Crippen molar-refractivity contribution in [3.05, 3.63) is 59.7 Å². The maximum atomic E-state index is 12.9. The van der Waals surface area contributed by atoms with E-state index in [1.807, 2.05) is 65.3 Å². The van der Waals surface area contributed by atoms with Gasteiger partial charge in [-0.1, -0.05) is 24.3 Å². The number of hydrogen-bond donors (Lipinski definition) is 0. The zero-order chi connectivity index (χ0) is 22.2. The van der Waals surface area contributed by atoms with Crippen LogP contribution in [-0.4, -0.2) is 80.0 Å². The summed E-state index contributed by atoms with van der Waals surface area (Å²) in [4.78, 5) is 31.3. The molecule has 1 saturated heterocycles. The van der Waals surface area contributed by atoms with Crippen LogP contribution in [0.2, 0.25) is 0 Å². The van der Waals surface area contributed by atoms with Crippen LogP contribution in [0.3, 0.4) is 0 Å². The van der Waals surface area contributed by atoms with E-state index in [4.69, 9.17) is 9.47 Å². The van der Waals surface area contributed by atoms with Crippen LogP contribution in [0, 0.1) is 0 Å². The van der Waals surface area contributed by atoms with Gasteiger partial charge < -0.3 is 19.3 Å². The number of carbonyl (C=O) groups is 2. The van der Waals surface area contributed by atoms with E-state index in [2.05, 4.69) is 4.90 Å². The first-order valence-corrected chi connectivity index (χ1v) is 10.6. The highest BCUT2D eigenvalue weighted by atomic mass is 16.5. The Morgan fingerprint density at radius 1 is 0.935 bits per heavy atom. The van der Waals surface area contributed by atoms with Gasteiger partial charge in [0.05, 0.1) is 20.8 Å². The lowest BCUT2D eigenvalue weighted by atomic mass is 10.1. The standard InChI is InChI=1S/C24H31N3O4/c1-4-26(17-19-10-11-21(30-2)22(16-19)31-3)23(28)18-25-12-14-27(15-13-25)24(29)20-8-6-5-7-9-20/h5-11,16H,4,12-15,17-18H2,1-3H3. The van der Waals surface area contributed by atoms with Crippen LogP contribution in [0.15, 0.2) is 48.5 Å². The number of rotatable bonds is 8. The molecule has 0 unspecified atom stereocenters. The monoisotopic (exact) mass is 425 g/mol. The molecule has 0 bridgehead atoms. The SMILES string of the molecule is CCN(Cc1ccc(OC)c(OC)c1)C(=O)CN1CCN(C(=O)c2ccccc2)CC1. The molecule has 2 aromatic carbocycles. The summed E-state index contributed by atoms with van der Waals surface area (Å²) in [6.45, 7) is 6.12. The highest BCUT2D eigenvalue weighted by molar-refractivity contribution is 5.94. The minimum Gasteiger partial charge on any atom is -0.493 e. The molecule has 0 atom stereocenters. The third kappa shape index (κ3) is 5.76. The van der Waals surface area contributed by atoms with Gasteiger partial charge >= 0.3 is 0 Å². The quantitative estimate of drug-likeness (QED) is 0.650. The van der Waals surface area contributed by atoms with Crippen molar-refractivity contribution in [1.82, 2.24) is 14.7 Å². The minimum atomic E-state index is 0.0511. The molecule has 0 aliphatic carbocycles. The van der Waals surface area contributed by atoms with Crippen LogP contribution < -0.4 is 9.47 Å². The molecule has 0 N–H and O–H groups in total. The second kappa shape index (κ2) is 10.8. The van der Waals surface area contributed by atoms with Crippen molar-refractivity contribution in [2.45, 2.75) is 13.5 Å². The zero-order valence-electron chi connectivity index (χ0n) is 18.5. The van der Waals surface area contributed by atoms with E-state index in [0.717, 1.165) is 5.56 Å². The molecular formula is C24H31N3O4. The molecule has 2 aromatic rings. The normalized spacial score (nSPS) is 14.2. The number of piperazine rings is 1. The summed E-state index contributed by atoms with van der Waals surface area (Å²) in [5, 5.41) is 0. The molecule has 3 rings (SSSR count). The van der Waals surface area contributed by atoms with Gasteiger partial charge in [0.25, 0.3) is 5.91 Å². The number of amides is 2. The van der Waals surface area contributed by atoms with Gasteiger partial charge in [-0.25, -0.2) is 0 Å². The number of likely N-dealkylation sites (N-methyl/N-ethyl adjacent to an activating group) is 1. The van der Waals surface area contributed by atoms with Crippen molar-refractivity contribution < 1.29 is 19.1 Å². The lowest BCUT2D eigenvalue weighted by Crippen LogP contribution is -2.51. The van der Waals surface area contributed by atoms with E-state index in [1.165, 1.54) is 0 Å². The van der Waals surface area contributed by atoms with E-state index < -0.39 is 0 Å². The van der Waals surface area contributed by atoms with Gasteiger partial charge in [0.15, 0.2) is 11.5 Å². The number of methoxy groups -OCH3 is 2. The molecule has 0 aromatic heterocycles.